The van der Waals surface area contributed by atoms with Crippen LogP contribution in [0.2, 0.25) is 0 Å². The average molecular weight is 331 g/mol. The molecule has 0 aliphatic carbocycles. The smallest absolute Gasteiger partial charge is 0.414 e. The highest BCUT2D eigenvalue weighted by Gasteiger charge is 2.33. The molecule has 2 rings (SSSR count). The predicted octanol–water partition coefficient (Wildman–Crippen LogP) is 4.98. The fraction of sp³-hybridized carbons (Fsp3) is 0.550. The number of hydrogen-bond donors (Lipinski definition) is 0. The SMILES string of the molecule is C=CCC(C)c1c(OC)cc(C)c2c1CCN2C(=O)OC(C)(C)C. The molecule has 0 bridgehead atoms. The van der Waals surface area contributed by atoms with Crippen molar-refractivity contribution in [1.29, 1.82) is 0 Å². The molecule has 0 saturated heterocycles. The maximum absolute atomic E-state index is 12.6. The van der Waals surface area contributed by atoms with Crippen molar-refractivity contribution in [1.82, 2.24) is 0 Å². The fourth-order valence-electron chi connectivity index (χ4n) is 3.40. The molecule has 0 spiro atoms. The third-order valence-corrected chi connectivity index (χ3v) is 4.30. The summed E-state index contributed by atoms with van der Waals surface area (Å²) < 4.78 is 11.2. The number of methoxy groups -OCH3 is 1. The predicted molar refractivity (Wildman–Crippen MR) is 98.2 cm³/mol. The summed E-state index contributed by atoms with van der Waals surface area (Å²) in [6.45, 7) is 14.4. The molecule has 0 fully saturated rings. The summed E-state index contributed by atoms with van der Waals surface area (Å²) in [7, 11) is 1.70. The standard InChI is InChI=1S/C20H29NO3/c1-8-9-13(2)17-15-10-11-21(19(22)24-20(4,5)6)18(15)14(3)12-16(17)23-7/h8,12-13H,1,9-11H2,2-7H3. The first-order chi connectivity index (χ1) is 11.2. The van der Waals surface area contributed by atoms with Crippen molar-refractivity contribution in [2.75, 3.05) is 18.6 Å². The largest absolute Gasteiger partial charge is 0.496 e. The van der Waals surface area contributed by atoms with E-state index < -0.39 is 5.60 Å². The molecule has 0 N–H and O–H groups in total. The number of ether oxygens (including phenoxy) is 2. The molecule has 1 atom stereocenters. The van der Waals surface area contributed by atoms with Gasteiger partial charge in [0.25, 0.3) is 0 Å². The minimum atomic E-state index is -0.501. The van der Waals surface area contributed by atoms with Gasteiger partial charge in [0.05, 0.1) is 12.8 Å². The quantitative estimate of drug-likeness (QED) is 0.730. The topological polar surface area (TPSA) is 38.8 Å². The van der Waals surface area contributed by atoms with Crippen LogP contribution in [-0.2, 0) is 11.2 Å². The minimum Gasteiger partial charge on any atom is -0.496 e. The molecule has 1 heterocycles. The van der Waals surface area contributed by atoms with Gasteiger partial charge in [-0.15, -0.1) is 6.58 Å². The van der Waals surface area contributed by atoms with Crippen molar-refractivity contribution in [3.8, 4) is 5.75 Å². The lowest BCUT2D eigenvalue weighted by atomic mass is 9.89. The summed E-state index contributed by atoms with van der Waals surface area (Å²) in [4.78, 5) is 14.4. The Kier molecular flexibility index (Phi) is 5.26. The number of allylic oxidation sites excluding steroid dienone is 1. The molecule has 132 valence electrons. The number of rotatable bonds is 4. The van der Waals surface area contributed by atoms with Crippen molar-refractivity contribution in [3.63, 3.8) is 0 Å². The van der Waals surface area contributed by atoms with Crippen LogP contribution in [0, 0.1) is 6.92 Å². The molecule has 24 heavy (non-hydrogen) atoms. The molecule has 0 saturated carbocycles. The van der Waals surface area contributed by atoms with E-state index in [9.17, 15) is 4.79 Å². The lowest BCUT2D eigenvalue weighted by Crippen LogP contribution is -2.36. The second-order valence-electron chi connectivity index (χ2n) is 7.44. The zero-order valence-electron chi connectivity index (χ0n) is 15.7. The summed E-state index contributed by atoms with van der Waals surface area (Å²) in [5.74, 6) is 1.19. The van der Waals surface area contributed by atoms with Crippen molar-refractivity contribution in [3.05, 3.63) is 35.4 Å². The van der Waals surface area contributed by atoms with Crippen LogP contribution >= 0.6 is 0 Å². The molecule has 1 aromatic rings. The van der Waals surface area contributed by atoms with Crippen molar-refractivity contribution >= 4 is 11.8 Å². The number of nitrogens with zero attached hydrogens (tertiary/aromatic N) is 1. The van der Waals surface area contributed by atoms with Crippen LogP contribution in [-0.4, -0.2) is 25.3 Å². The molecule has 1 aromatic carbocycles. The lowest BCUT2D eigenvalue weighted by Gasteiger charge is -2.26. The summed E-state index contributed by atoms with van der Waals surface area (Å²) in [5.41, 5.74) is 3.91. The molecule has 4 heteroatoms. The fourth-order valence-corrected chi connectivity index (χ4v) is 3.40. The van der Waals surface area contributed by atoms with Gasteiger partial charge in [0, 0.05) is 12.1 Å². The van der Waals surface area contributed by atoms with E-state index in [-0.39, 0.29) is 6.09 Å². The van der Waals surface area contributed by atoms with E-state index in [2.05, 4.69) is 13.5 Å². The van der Waals surface area contributed by atoms with E-state index in [0.29, 0.717) is 12.5 Å². The van der Waals surface area contributed by atoms with Gasteiger partial charge in [0.1, 0.15) is 11.4 Å². The summed E-state index contributed by atoms with van der Waals surface area (Å²) in [6.07, 6.45) is 3.34. The van der Waals surface area contributed by atoms with Crippen LogP contribution in [0.15, 0.2) is 18.7 Å². The summed E-state index contributed by atoms with van der Waals surface area (Å²) in [6, 6.07) is 2.02. The highest BCUT2D eigenvalue weighted by Crippen LogP contribution is 2.43. The second-order valence-corrected chi connectivity index (χ2v) is 7.44. The highest BCUT2D eigenvalue weighted by atomic mass is 16.6. The minimum absolute atomic E-state index is 0.281. The van der Waals surface area contributed by atoms with E-state index in [0.717, 1.165) is 29.8 Å². The van der Waals surface area contributed by atoms with Gasteiger partial charge >= 0.3 is 6.09 Å². The zero-order chi connectivity index (χ0) is 18.1. The van der Waals surface area contributed by atoms with E-state index in [4.69, 9.17) is 9.47 Å². The normalized spacial score (nSPS) is 15.0. The number of fused-ring (bicyclic) bond motifs is 1. The first-order valence-electron chi connectivity index (χ1n) is 8.51. The number of aryl methyl sites for hydroxylation is 1. The molecule has 0 radical (unpaired) electrons. The average Bonchev–Trinajstić information content (AvgIpc) is 2.90. The lowest BCUT2D eigenvalue weighted by molar-refractivity contribution is 0.0583. The van der Waals surface area contributed by atoms with Crippen LogP contribution in [0.4, 0.5) is 10.5 Å². The monoisotopic (exact) mass is 331 g/mol. The Labute approximate surface area is 145 Å². The maximum Gasteiger partial charge on any atom is 0.414 e. The third-order valence-electron chi connectivity index (χ3n) is 4.30. The molecule has 1 aliphatic rings. The van der Waals surface area contributed by atoms with Crippen LogP contribution in [0.5, 0.6) is 5.75 Å². The first-order valence-corrected chi connectivity index (χ1v) is 8.51. The number of carbonyl (C=O) groups is 1. The Morgan fingerprint density at radius 1 is 1.46 bits per heavy atom. The summed E-state index contributed by atoms with van der Waals surface area (Å²) >= 11 is 0. The van der Waals surface area contributed by atoms with Crippen molar-refractivity contribution in [2.24, 2.45) is 0 Å². The molecule has 4 nitrogen and oxygen atoms in total. The van der Waals surface area contributed by atoms with Gasteiger partial charge in [0.2, 0.25) is 0 Å². The molecule has 1 aliphatic heterocycles. The third kappa shape index (κ3) is 3.58. The number of benzene rings is 1. The van der Waals surface area contributed by atoms with E-state index in [1.165, 1.54) is 11.1 Å². The number of hydrogen-bond acceptors (Lipinski definition) is 3. The molecular formula is C20H29NO3. The van der Waals surface area contributed by atoms with Crippen molar-refractivity contribution in [2.45, 2.75) is 59.0 Å². The van der Waals surface area contributed by atoms with E-state index >= 15 is 0 Å². The Morgan fingerprint density at radius 3 is 2.67 bits per heavy atom. The van der Waals surface area contributed by atoms with Crippen LogP contribution in [0.1, 0.15) is 56.7 Å². The summed E-state index contributed by atoms with van der Waals surface area (Å²) in [5, 5.41) is 0. The number of carbonyl (C=O) groups excluding carboxylic acids is 1. The highest BCUT2D eigenvalue weighted by molar-refractivity contribution is 5.92. The van der Waals surface area contributed by atoms with Gasteiger partial charge in [-0.25, -0.2) is 4.79 Å². The molecular weight excluding hydrogens is 302 g/mol. The Hall–Kier alpha value is -1.97. The number of amides is 1. The second kappa shape index (κ2) is 6.88. The molecule has 1 amide bonds. The van der Waals surface area contributed by atoms with Gasteiger partial charge in [-0.05, 0) is 63.6 Å². The molecule has 1 unspecified atom stereocenters. The number of anilines is 1. The Balaban J connectivity index is 2.49. The Bertz CT molecular complexity index is 643. The van der Waals surface area contributed by atoms with Gasteiger partial charge in [-0.3, -0.25) is 4.90 Å². The molecule has 0 aromatic heterocycles. The maximum atomic E-state index is 12.6. The van der Waals surface area contributed by atoms with Gasteiger partial charge in [0.15, 0.2) is 0 Å². The Morgan fingerprint density at radius 2 is 2.12 bits per heavy atom. The zero-order valence-corrected chi connectivity index (χ0v) is 15.7. The van der Waals surface area contributed by atoms with E-state index in [1.54, 1.807) is 12.0 Å². The van der Waals surface area contributed by atoms with E-state index in [1.807, 2.05) is 39.8 Å². The first kappa shape index (κ1) is 18.4. The van der Waals surface area contributed by atoms with Crippen LogP contribution in [0.3, 0.4) is 0 Å². The van der Waals surface area contributed by atoms with Crippen LogP contribution < -0.4 is 9.64 Å². The van der Waals surface area contributed by atoms with Gasteiger partial charge in [-0.2, -0.15) is 0 Å². The van der Waals surface area contributed by atoms with Crippen molar-refractivity contribution < 1.29 is 14.3 Å². The van der Waals surface area contributed by atoms with Gasteiger partial charge < -0.3 is 9.47 Å². The van der Waals surface area contributed by atoms with Crippen LogP contribution in [0.25, 0.3) is 0 Å². The van der Waals surface area contributed by atoms with Gasteiger partial charge in [-0.1, -0.05) is 13.0 Å².